The largest absolute Gasteiger partial charge is 0.479 e. The first kappa shape index (κ1) is 17.8. The summed E-state index contributed by atoms with van der Waals surface area (Å²) >= 11 is 0. The van der Waals surface area contributed by atoms with Crippen LogP contribution in [0, 0.1) is 11.3 Å². The van der Waals surface area contributed by atoms with Crippen molar-refractivity contribution in [2.45, 2.75) is 6.54 Å². The number of carbonyl (C=O) groups excluding carboxylic acids is 1. The maximum Gasteiger partial charge on any atom is 0.263 e. The number of nitrogens with one attached hydrogen (secondary N) is 1. The fourth-order valence-electron chi connectivity index (χ4n) is 2.12. The fraction of sp³-hybridized carbons (Fsp3) is 0.111. The molecular weight excluding hydrogens is 346 g/mol. The number of hydrazone groups is 1. The van der Waals surface area contributed by atoms with E-state index in [0.29, 0.717) is 11.6 Å². The normalized spacial score (nSPS) is 10.5. The average molecular weight is 361 g/mol. The number of tetrazole rings is 1. The third-order valence-corrected chi connectivity index (χ3v) is 3.36. The second kappa shape index (κ2) is 8.87. The Hall–Kier alpha value is -4.06. The SMILES string of the molecule is N#CCOc1ccc(/C=N\NC(=O)Cn2nnc(-c3ccccc3)n2)cc1. The van der Waals surface area contributed by atoms with E-state index in [0.717, 1.165) is 11.1 Å². The number of amides is 1. The molecule has 0 spiro atoms. The molecule has 0 aliphatic rings. The zero-order valence-electron chi connectivity index (χ0n) is 14.2. The summed E-state index contributed by atoms with van der Waals surface area (Å²) in [7, 11) is 0. The molecule has 1 amide bonds. The number of ether oxygens (including phenoxy) is 1. The molecule has 1 N–H and O–H groups in total. The van der Waals surface area contributed by atoms with Crippen LogP contribution in [0.25, 0.3) is 11.4 Å². The number of carbonyl (C=O) groups is 1. The second-order valence-corrected chi connectivity index (χ2v) is 5.32. The van der Waals surface area contributed by atoms with E-state index in [4.69, 9.17) is 10.00 Å². The number of nitriles is 1. The van der Waals surface area contributed by atoms with Gasteiger partial charge in [-0.1, -0.05) is 30.3 Å². The standard InChI is InChI=1S/C18H15N7O2/c19-10-11-27-16-8-6-14(7-9-16)12-20-21-17(26)13-25-23-18(22-24-25)15-4-2-1-3-5-15/h1-9,12H,11,13H2,(H,21,26)/b20-12-. The number of aromatic nitrogens is 4. The summed E-state index contributed by atoms with van der Waals surface area (Å²) in [5.74, 6) is 0.659. The minimum Gasteiger partial charge on any atom is -0.479 e. The zero-order chi connectivity index (χ0) is 18.9. The Labute approximate surface area is 154 Å². The van der Waals surface area contributed by atoms with Crippen molar-refractivity contribution in [2.24, 2.45) is 5.10 Å². The van der Waals surface area contributed by atoms with Gasteiger partial charge in [0.05, 0.1) is 6.21 Å². The summed E-state index contributed by atoms with van der Waals surface area (Å²) in [5.41, 5.74) is 4.00. The minimum atomic E-state index is -0.378. The number of hydrogen-bond donors (Lipinski definition) is 1. The predicted molar refractivity (Wildman–Crippen MR) is 96.5 cm³/mol. The summed E-state index contributed by atoms with van der Waals surface area (Å²) in [6.07, 6.45) is 1.50. The van der Waals surface area contributed by atoms with Gasteiger partial charge < -0.3 is 4.74 Å². The molecule has 1 aromatic heterocycles. The van der Waals surface area contributed by atoms with Crippen LogP contribution in [0.4, 0.5) is 0 Å². The van der Waals surface area contributed by atoms with Crippen LogP contribution in [0.2, 0.25) is 0 Å². The number of nitrogens with zero attached hydrogens (tertiary/aromatic N) is 6. The van der Waals surface area contributed by atoms with Crippen LogP contribution in [-0.2, 0) is 11.3 Å². The third-order valence-electron chi connectivity index (χ3n) is 3.36. The Morgan fingerprint density at radius 1 is 1.22 bits per heavy atom. The molecule has 3 aromatic rings. The summed E-state index contributed by atoms with van der Waals surface area (Å²) in [4.78, 5) is 13.1. The van der Waals surface area contributed by atoms with E-state index in [-0.39, 0.29) is 19.1 Å². The molecule has 134 valence electrons. The van der Waals surface area contributed by atoms with Crippen molar-refractivity contribution in [3.8, 4) is 23.2 Å². The Balaban J connectivity index is 1.50. The smallest absolute Gasteiger partial charge is 0.263 e. The highest BCUT2D eigenvalue weighted by molar-refractivity contribution is 5.82. The van der Waals surface area contributed by atoms with Gasteiger partial charge in [0.25, 0.3) is 5.91 Å². The Kier molecular flexibility index (Phi) is 5.83. The van der Waals surface area contributed by atoms with Gasteiger partial charge in [0, 0.05) is 5.56 Å². The van der Waals surface area contributed by atoms with Crippen LogP contribution in [0.3, 0.4) is 0 Å². The Morgan fingerprint density at radius 2 is 2.00 bits per heavy atom. The highest BCUT2D eigenvalue weighted by atomic mass is 16.5. The van der Waals surface area contributed by atoms with Gasteiger partial charge in [0.15, 0.2) is 6.61 Å². The third kappa shape index (κ3) is 5.20. The molecule has 1 heterocycles. The van der Waals surface area contributed by atoms with Crippen molar-refractivity contribution in [1.29, 1.82) is 5.26 Å². The van der Waals surface area contributed by atoms with Gasteiger partial charge in [-0.25, -0.2) is 5.43 Å². The molecule has 0 fully saturated rings. The summed E-state index contributed by atoms with van der Waals surface area (Å²) in [6, 6.07) is 18.2. The highest BCUT2D eigenvalue weighted by Gasteiger charge is 2.08. The first-order valence-corrected chi connectivity index (χ1v) is 7.99. The molecule has 0 saturated carbocycles. The summed E-state index contributed by atoms with van der Waals surface area (Å²) in [6.45, 7) is -0.107. The highest BCUT2D eigenvalue weighted by Crippen LogP contribution is 2.12. The molecule has 2 aromatic carbocycles. The van der Waals surface area contributed by atoms with E-state index in [9.17, 15) is 4.79 Å². The van der Waals surface area contributed by atoms with Crippen molar-refractivity contribution < 1.29 is 9.53 Å². The molecule has 0 aliphatic heterocycles. The summed E-state index contributed by atoms with van der Waals surface area (Å²) < 4.78 is 5.16. The molecule has 27 heavy (non-hydrogen) atoms. The fourth-order valence-corrected chi connectivity index (χ4v) is 2.12. The molecule has 0 aliphatic carbocycles. The van der Waals surface area contributed by atoms with Crippen molar-refractivity contribution in [3.63, 3.8) is 0 Å². The number of rotatable bonds is 7. The van der Waals surface area contributed by atoms with E-state index >= 15 is 0 Å². The lowest BCUT2D eigenvalue weighted by molar-refractivity contribution is -0.122. The first-order chi connectivity index (χ1) is 13.2. The average Bonchev–Trinajstić information content (AvgIpc) is 3.16. The van der Waals surface area contributed by atoms with Gasteiger partial charge >= 0.3 is 0 Å². The predicted octanol–water partition coefficient (Wildman–Crippen LogP) is 1.39. The lowest BCUT2D eigenvalue weighted by Gasteiger charge is -2.01. The number of hydrogen-bond acceptors (Lipinski definition) is 7. The second-order valence-electron chi connectivity index (χ2n) is 5.32. The Morgan fingerprint density at radius 3 is 2.74 bits per heavy atom. The van der Waals surface area contributed by atoms with Gasteiger partial charge in [-0.2, -0.15) is 15.2 Å². The van der Waals surface area contributed by atoms with Gasteiger partial charge in [-0.3, -0.25) is 4.79 Å². The van der Waals surface area contributed by atoms with Crippen LogP contribution < -0.4 is 10.2 Å². The lowest BCUT2D eigenvalue weighted by Crippen LogP contribution is -2.24. The van der Waals surface area contributed by atoms with E-state index < -0.39 is 0 Å². The maximum atomic E-state index is 11.9. The molecule has 0 radical (unpaired) electrons. The first-order valence-electron chi connectivity index (χ1n) is 7.99. The van der Waals surface area contributed by atoms with E-state index in [2.05, 4.69) is 25.9 Å². The molecule has 9 nitrogen and oxygen atoms in total. The Bertz CT molecular complexity index is 959. The molecule has 0 unspecified atom stereocenters. The zero-order valence-corrected chi connectivity index (χ0v) is 14.2. The maximum absolute atomic E-state index is 11.9. The molecular formula is C18H15N7O2. The van der Waals surface area contributed by atoms with Gasteiger partial charge in [-0.05, 0) is 35.0 Å². The van der Waals surface area contributed by atoms with Gasteiger partial charge in [0.1, 0.15) is 18.4 Å². The lowest BCUT2D eigenvalue weighted by atomic mass is 10.2. The van der Waals surface area contributed by atoms with E-state index in [1.165, 1.54) is 11.0 Å². The molecule has 0 bridgehead atoms. The molecule has 3 rings (SSSR count). The number of benzene rings is 2. The van der Waals surface area contributed by atoms with E-state index in [1.807, 2.05) is 36.4 Å². The molecule has 9 heteroatoms. The van der Waals surface area contributed by atoms with Crippen LogP contribution in [0.15, 0.2) is 59.7 Å². The van der Waals surface area contributed by atoms with Crippen molar-refractivity contribution in [2.75, 3.05) is 6.61 Å². The van der Waals surface area contributed by atoms with Crippen LogP contribution >= 0.6 is 0 Å². The minimum absolute atomic E-state index is 0.00813. The van der Waals surface area contributed by atoms with Crippen molar-refractivity contribution >= 4 is 12.1 Å². The topological polar surface area (TPSA) is 118 Å². The monoisotopic (exact) mass is 361 g/mol. The quantitative estimate of drug-likeness (QED) is 0.502. The van der Waals surface area contributed by atoms with Crippen molar-refractivity contribution in [1.82, 2.24) is 25.6 Å². The summed E-state index contributed by atoms with van der Waals surface area (Å²) in [5, 5.41) is 24.3. The molecule has 0 saturated heterocycles. The van der Waals surface area contributed by atoms with E-state index in [1.54, 1.807) is 24.3 Å². The molecule has 0 atom stereocenters. The van der Waals surface area contributed by atoms with Crippen LogP contribution in [-0.4, -0.2) is 38.9 Å². The van der Waals surface area contributed by atoms with Gasteiger partial charge in [-0.15, -0.1) is 10.2 Å². The van der Waals surface area contributed by atoms with Crippen LogP contribution in [0.5, 0.6) is 5.75 Å². The van der Waals surface area contributed by atoms with Gasteiger partial charge in [0.2, 0.25) is 5.82 Å². The van der Waals surface area contributed by atoms with Crippen molar-refractivity contribution in [3.05, 3.63) is 60.2 Å². The van der Waals surface area contributed by atoms with Crippen LogP contribution in [0.1, 0.15) is 5.56 Å².